The molecule has 11 heteroatoms. The number of benzene rings is 2. The van der Waals surface area contributed by atoms with E-state index in [1.807, 2.05) is 6.92 Å². The molecule has 10 nitrogen and oxygen atoms in total. The fraction of sp³-hybridized carbons (Fsp3) is 0.263. The van der Waals surface area contributed by atoms with E-state index in [-0.39, 0.29) is 11.6 Å². The summed E-state index contributed by atoms with van der Waals surface area (Å²) in [4.78, 5) is 24.1. The largest absolute Gasteiger partial charge is 0.383 e. The number of non-ortho nitro benzene ring substituents is 1. The second kappa shape index (κ2) is 9.79. The van der Waals surface area contributed by atoms with Crippen LogP contribution in [0.3, 0.4) is 0 Å². The van der Waals surface area contributed by atoms with Gasteiger partial charge in [-0.25, -0.2) is 0 Å². The van der Waals surface area contributed by atoms with Gasteiger partial charge in [0, 0.05) is 41.5 Å². The molecule has 3 rings (SSSR count). The Kier molecular flexibility index (Phi) is 6.91. The lowest BCUT2D eigenvalue weighted by molar-refractivity contribution is -0.384. The number of tetrazole rings is 1. The quantitative estimate of drug-likeness (QED) is 0.304. The van der Waals surface area contributed by atoms with Crippen molar-refractivity contribution < 1.29 is 9.72 Å². The maximum atomic E-state index is 12.5. The van der Waals surface area contributed by atoms with Gasteiger partial charge in [0.1, 0.15) is 0 Å². The molecule has 1 atom stereocenters. The minimum atomic E-state index is -0.585. The summed E-state index contributed by atoms with van der Waals surface area (Å²) in [7, 11) is 0. The Morgan fingerprint density at radius 1 is 1.17 bits per heavy atom. The number of amides is 1. The van der Waals surface area contributed by atoms with E-state index in [4.69, 9.17) is 11.6 Å². The number of aromatic nitrogens is 4. The molecule has 1 amide bonds. The number of halogens is 1. The fourth-order valence-corrected chi connectivity index (χ4v) is 2.86. The maximum absolute atomic E-state index is 12.5. The Bertz CT molecular complexity index is 1010. The first-order valence-electron chi connectivity index (χ1n) is 9.29. The van der Waals surface area contributed by atoms with Gasteiger partial charge in [-0.3, -0.25) is 14.9 Å². The van der Waals surface area contributed by atoms with Gasteiger partial charge >= 0.3 is 0 Å². The predicted molar refractivity (Wildman–Crippen MR) is 112 cm³/mol. The summed E-state index contributed by atoms with van der Waals surface area (Å²) in [6.45, 7) is 2.69. The van der Waals surface area contributed by atoms with Crippen LogP contribution in [-0.2, 0) is 4.79 Å². The van der Waals surface area contributed by atoms with Crippen LogP contribution in [0.25, 0.3) is 11.4 Å². The van der Waals surface area contributed by atoms with E-state index in [9.17, 15) is 14.9 Å². The number of nitrogens with zero attached hydrogens (tertiary/aromatic N) is 5. The van der Waals surface area contributed by atoms with Crippen molar-refractivity contribution in [2.45, 2.75) is 19.4 Å². The third-order valence-electron chi connectivity index (χ3n) is 4.33. The van der Waals surface area contributed by atoms with Crippen molar-refractivity contribution in [1.82, 2.24) is 25.5 Å². The van der Waals surface area contributed by atoms with E-state index < -0.39 is 11.0 Å². The Hall–Kier alpha value is -3.53. The summed E-state index contributed by atoms with van der Waals surface area (Å²) in [5, 5.41) is 29.6. The average Bonchev–Trinajstić information content (AvgIpc) is 3.22. The minimum absolute atomic E-state index is 0.0259. The number of carbonyl (C=O) groups is 1. The van der Waals surface area contributed by atoms with Gasteiger partial charge < -0.3 is 10.6 Å². The van der Waals surface area contributed by atoms with Gasteiger partial charge in [-0.05, 0) is 48.0 Å². The number of carbonyl (C=O) groups excluding carboxylic acids is 1. The average molecular weight is 430 g/mol. The van der Waals surface area contributed by atoms with Gasteiger partial charge in [0.15, 0.2) is 6.04 Å². The molecule has 2 N–H and O–H groups in total. The molecule has 0 aliphatic heterocycles. The van der Waals surface area contributed by atoms with Gasteiger partial charge in [0.05, 0.1) is 4.92 Å². The molecule has 0 aliphatic rings. The summed E-state index contributed by atoms with van der Waals surface area (Å²) in [5.74, 6) is 0.195. The first kappa shape index (κ1) is 21.2. The Morgan fingerprint density at radius 3 is 2.50 bits per heavy atom. The highest BCUT2D eigenvalue weighted by molar-refractivity contribution is 6.30. The Balaban J connectivity index is 1.52. The Labute approximate surface area is 177 Å². The fourth-order valence-electron chi connectivity index (χ4n) is 2.74. The van der Waals surface area contributed by atoms with Gasteiger partial charge in [0.25, 0.3) is 5.69 Å². The van der Waals surface area contributed by atoms with Gasteiger partial charge in [-0.1, -0.05) is 18.5 Å². The summed E-state index contributed by atoms with van der Waals surface area (Å²) in [6, 6.07) is 12.5. The van der Waals surface area contributed by atoms with E-state index in [1.165, 1.54) is 16.9 Å². The molecule has 0 fully saturated rings. The van der Waals surface area contributed by atoms with E-state index in [1.54, 1.807) is 36.4 Å². The summed E-state index contributed by atoms with van der Waals surface area (Å²) in [5.41, 5.74) is 1.51. The third-order valence-corrected chi connectivity index (χ3v) is 4.58. The topological polar surface area (TPSA) is 128 Å². The number of hydrogen-bond donors (Lipinski definition) is 2. The summed E-state index contributed by atoms with van der Waals surface area (Å²) < 4.78 is 0. The molecule has 0 saturated carbocycles. The number of hydrogen-bond acceptors (Lipinski definition) is 7. The molecule has 0 radical (unpaired) electrons. The van der Waals surface area contributed by atoms with Crippen LogP contribution in [0, 0.1) is 10.1 Å². The monoisotopic (exact) mass is 429 g/mol. The van der Waals surface area contributed by atoms with Crippen LogP contribution < -0.4 is 10.6 Å². The molecule has 1 aromatic heterocycles. The van der Waals surface area contributed by atoms with Crippen molar-refractivity contribution in [1.29, 1.82) is 0 Å². The number of nitrogens with one attached hydrogen (secondary N) is 2. The molecule has 0 saturated heterocycles. The molecule has 0 bridgehead atoms. The molecule has 1 unspecified atom stereocenters. The first-order chi connectivity index (χ1) is 14.5. The van der Waals surface area contributed by atoms with E-state index >= 15 is 0 Å². The molecule has 3 aromatic rings. The molecule has 0 aliphatic carbocycles. The summed E-state index contributed by atoms with van der Waals surface area (Å²) >= 11 is 5.89. The lowest BCUT2D eigenvalue weighted by Gasteiger charge is -2.14. The van der Waals surface area contributed by atoms with Crippen molar-refractivity contribution in [2.75, 3.05) is 18.4 Å². The highest BCUT2D eigenvalue weighted by atomic mass is 35.5. The number of nitro benzene ring substituents is 1. The Morgan fingerprint density at radius 2 is 1.87 bits per heavy atom. The molecule has 1 heterocycles. The van der Waals surface area contributed by atoms with Crippen molar-refractivity contribution in [2.24, 2.45) is 0 Å². The molecule has 2 aromatic carbocycles. The van der Waals surface area contributed by atoms with Crippen LogP contribution >= 0.6 is 11.6 Å². The zero-order valence-electron chi connectivity index (χ0n) is 16.2. The maximum Gasteiger partial charge on any atom is 0.269 e. The van der Waals surface area contributed by atoms with E-state index in [0.29, 0.717) is 30.4 Å². The molecular weight excluding hydrogens is 410 g/mol. The van der Waals surface area contributed by atoms with E-state index in [0.717, 1.165) is 11.3 Å². The lowest BCUT2D eigenvalue weighted by Crippen LogP contribution is -2.36. The highest BCUT2D eigenvalue weighted by Crippen LogP contribution is 2.18. The minimum Gasteiger partial charge on any atom is -0.383 e. The predicted octanol–water partition coefficient (Wildman–Crippen LogP) is 3.08. The third kappa shape index (κ3) is 5.29. The number of anilines is 1. The zero-order valence-corrected chi connectivity index (χ0v) is 16.9. The lowest BCUT2D eigenvalue weighted by atomic mass is 10.2. The van der Waals surface area contributed by atoms with Gasteiger partial charge in [-0.2, -0.15) is 4.80 Å². The number of nitro groups is 1. The highest BCUT2D eigenvalue weighted by Gasteiger charge is 2.21. The van der Waals surface area contributed by atoms with Crippen LogP contribution in [0.15, 0.2) is 48.5 Å². The van der Waals surface area contributed by atoms with Crippen LogP contribution in [0.5, 0.6) is 0 Å². The second-order valence-corrected chi connectivity index (χ2v) is 6.82. The van der Waals surface area contributed by atoms with Crippen molar-refractivity contribution in [3.05, 3.63) is 63.7 Å². The standard InChI is InChI=1S/C19H20ClN7O3/c1-2-17(26-24-18(23-25-26)13-3-5-14(20)6-4-13)19(28)22-12-11-21-15-7-9-16(10-8-15)27(29)30/h3-10,17,21H,2,11-12H2,1H3,(H,22,28). The molecule has 0 spiro atoms. The van der Waals surface area contributed by atoms with Crippen molar-refractivity contribution >= 4 is 28.9 Å². The SMILES string of the molecule is CCC(C(=O)NCCNc1ccc([N+](=O)[O-])cc1)n1nnc(-c2ccc(Cl)cc2)n1. The zero-order chi connectivity index (χ0) is 21.5. The van der Waals surface area contributed by atoms with Gasteiger partial charge in [-0.15, -0.1) is 10.2 Å². The first-order valence-corrected chi connectivity index (χ1v) is 9.67. The van der Waals surface area contributed by atoms with Crippen LogP contribution in [-0.4, -0.2) is 44.1 Å². The van der Waals surface area contributed by atoms with Crippen molar-refractivity contribution in [3.8, 4) is 11.4 Å². The van der Waals surface area contributed by atoms with Gasteiger partial charge in [0.2, 0.25) is 11.7 Å². The van der Waals surface area contributed by atoms with Crippen molar-refractivity contribution in [3.63, 3.8) is 0 Å². The number of rotatable bonds is 9. The summed E-state index contributed by atoms with van der Waals surface area (Å²) in [6.07, 6.45) is 0.498. The molecule has 30 heavy (non-hydrogen) atoms. The smallest absolute Gasteiger partial charge is 0.269 e. The normalized spacial score (nSPS) is 11.7. The second-order valence-electron chi connectivity index (χ2n) is 6.39. The van der Waals surface area contributed by atoms with E-state index in [2.05, 4.69) is 26.0 Å². The van der Waals surface area contributed by atoms with Crippen LogP contribution in [0.2, 0.25) is 5.02 Å². The molecule has 156 valence electrons. The van der Waals surface area contributed by atoms with Crippen LogP contribution in [0.1, 0.15) is 19.4 Å². The van der Waals surface area contributed by atoms with Crippen LogP contribution in [0.4, 0.5) is 11.4 Å². The molecular formula is C19H20ClN7O3.